The van der Waals surface area contributed by atoms with E-state index in [2.05, 4.69) is 43.1 Å². The van der Waals surface area contributed by atoms with E-state index in [9.17, 15) is 4.79 Å². The Morgan fingerprint density at radius 3 is 2.45 bits per heavy atom. The molecule has 0 spiro atoms. The van der Waals surface area contributed by atoms with Gasteiger partial charge in [0.1, 0.15) is 0 Å². The van der Waals surface area contributed by atoms with Gasteiger partial charge in [0.15, 0.2) is 4.77 Å². The van der Waals surface area contributed by atoms with Crippen molar-refractivity contribution in [2.75, 3.05) is 0 Å². The average Bonchev–Trinajstić information content (AvgIpc) is 2.52. The van der Waals surface area contributed by atoms with Crippen LogP contribution in [-0.4, -0.2) is 9.55 Å². The molecule has 3 aromatic rings. The first-order chi connectivity index (χ1) is 10.6. The summed E-state index contributed by atoms with van der Waals surface area (Å²) < 4.78 is 2.07. The smallest absolute Gasteiger partial charge is 0.262 e. The van der Waals surface area contributed by atoms with Gasteiger partial charge in [-0.05, 0) is 41.4 Å². The SMILES string of the molecule is CC(C)c1ccc(Cn2c(=S)[nH]c3ccccc3c2=O)cc1. The number of nitrogens with zero attached hydrogens (tertiary/aromatic N) is 1. The number of para-hydroxylation sites is 1. The predicted molar refractivity (Wildman–Crippen MR) is 93.0 cm³/mol. The van der Waals surface area contributed by atoms with E-state index in [4.69, 9.17) is 12.2 Å². The maximum absolute atomic E-state index is 12.6. The van der Waals surface area contributed by atoms with E-state index in [0.29, 0.717) is 22.6 Å². The van der Waals surface area contributed by atoms with E-state index in [1.165, 1.54) is 5.56 Å². The van der Waals surface area contributed by atoms with Crippen LogP contribution in [0.15, 0.2) is 53.3 Å². The van der Waals surface area contributed by atoms with Gasteiger partial charge >= 0.3 is 0 Å². The minimum absolute atomic E-state index is 0.0488. The van der Waals surface area contributed by atoms with Crippen LogP contribution in [0, 0.1) is 4.77 Å². The Morgan fingerprint density at radius 2 is 1.77 bits per heavy atom. The standard InChI is InChI=1S/C18H18N2OS/c1-12(2)14-9-7-13(8-10-14)11-20-17(21)15-5-3-4-6-16(15)19-18(20)22/h3-10,12H,11H2,1-2H3,(H,19,22). The lowest BCUT2D eigenvalue weighted by atomic mass is 10.0. The molecule has 0 saturated carbocycles. The highest BCUT2D eigenvalue weighted by Gasteiger charge is 2.06. The van der Waals surface area contributed by atoms with Crippen molar-refractivity contribution in [1.82, 2.24) is 9.55 Å². The maximum atomic E-state index is 12.6. The summed E-state index contributed by atoms with van der Waals surface area (Å²) in [6.07, 6.45) is 0. The van der Waals surface area contributed by atoms with Crippen LogP contribution in [0.5, 0.6) is 0 Å². The molecule has 0 aliphatic carbocycles. The van der Waals surface area contributed by atoms with Crippen LogP contribution in [0.2, 0.25) is 0 Å². The molecule has 2 aromatic carbocycles. The summed E-state index contributed by atoms with van der Waals surface area (Å²) in [6.45, 7) is 4.82. The molecule has 1 N–H and O–H groups in total. The Balaban J connectivity index is 2.04. The molecule has 0 amide bonds. The van der Waals surface area contributed by atoms with Crippen LogP contribution in [0.3, 0.4) is 0 Å². The molecule has 0 atom stereocenters. The van der Waals surface area contributed by atoms with E-state index < -0.39 is 0 Å². The second-order valence-corrected chi connectivity index (χ2v) is 6.15. The van der Waals surface area contributed by atoms with Gasteiger partial charge in [0, 0.05) is 0 Å². The minimum Gasteiger partial charge on any atom is -0.332 e. The van der Waals surface area contributed by atoms with Crippen LogP contribution >= 0.6 is 12.2 Å². The molecule has 1 heterocycles. The second kappa shape index (κ2) is 5.89. The van der Waals surface area contributed by atoms with Gasteiger partial charge in [-0.2, -0.15) is 0 Å². The molecule has 4 heteroatoms. The molecule has 0 fully saturated rings. The number of nitrogens with one attached hydrogen (secondary N) is 1. The molecule has 0 bridgehead atoms. The van der Waals surface area contributed by atoms with Crippen LogP contribution in [0.4, 0.5) is 0 Å². The van der Waals surface area contributed by atoms with Crippen molar-refractivity contribution in [3.05, 3.63) is 74.8 Å². The van der Waals surface area contributed by atoms with Gasteiger partial charge in [-0.25, -0.2) is 0 Å². The zero-order chi connectivity index (χ0) is 15.7. The van der Waals surface area contributed by atoms with Gasteiger partial charge in [-0.1, -0.05) is 50.2 Å². The topological polar surface area (TPSA) is 37.8 Å². The van der Waals surface area contributed by atoms with Crippen molar-refractivity contribution >= 4 is 23.1 Å². The summed E-state index contributed by atoms with van der Waals surface area (Å²) in [5.41, 5.74) is 3.09. The summed E-state index contributed by atoms with van der Waals surface area (Å²) in [6, 6.07) is 15.8. The number of benzene rings is 2. The van der Waals surface area contributed by atoms with Gasteiger partial charge in [0.05, 0.1) is 17.4 Å². The highest BCUT2D eigenvalue weighted by atomic mass is 32.1. The number of hydrogen-bond acceptors (Lipinski definition) is 2. The number of rotatable bonds is 3. The molecule has 1 aromatic heterocycles. The van der Waals surface area contributed by atoms with Crippen molar-refractivity contribution in [2.45, 2.75) is 26.3 Å². The molecule has 0 radical (unpaired) electrons. The molecule has 0 aliphatic heterocycles. The monoisotopic (exact) mass is 310 g/mol. The van der Waals surface area contributed by atoms with Crippen molar-refractivity contribution in [3.63, 3.8) is 0 Å². The predicted octanol–water partition coefficient (Wildman–Crippen LogP) is 4.23. The molecule has 112 valence electrons. The van der Waals surface area contributed by atoms with Crippen molar-refractivity contribution in [1.29, 1.82) is 0 Å². The summed E-state index contributed by atoms with van der Waals surface area (Å²) in [5.74, 6) is 0.500. The highest BCUT2D eigenvalue weighted by Crippen LogP contribution is 2.15. The quantitative estimate of drug-likeness (QED) is 0.735. The van der Waals surface area contributed by atoms with E-state index in [1.807, 2.05) is 24.3 Å². The second-order valence-electron chi connectivity index (χ2n) is 5.76. The molecule has 3 rings (SSSR count). The van der Waals surface area contributed by atoms with Crippen LogP contribution < -0.4 is 5.56 Å². The van der Waals surface area contributed by atoms with Gasteiger partial charge < -0.3 is 4.98 Å². The Labute approximate surface area is 134 Å². The first kappa shape index (κ1) is 14.7. The Hall–Kier alpha value is -2.20. The highest BCUT2D eigenvalue weighted by molar-refractivity contribution is 7.71. The summed E-state index contributed by atoms with van der Waals surface area (Å²) in [5, 5.41) is 0.662. The van der Waals surface area contributed by atoms with Crippen molar-refractivity contribution in [3.8, 4) is 0 Å². The fourth-order valence-electron chi connectivity index (χ4n) is 2.53. The summed E-state index contributed by atoms with van der Waals surface area (Å²) >= 11 is 5.34. The van der Waals surface area contributed by atoms with Gasteiger partial charge in [0.2, 0.25) is 0 Å². The minimum atomic E-state index is -0.0488. The number of aromatic nitrogens is 2. The zero-order valence-corrected chi connectivity index (χ0v) is 13.5. The Bertz CT molecular complexity index is 920. The molecular formula is C18H18N2OS. The number of H-pyrrole nitrogens is 1. The van der Waals surface area contributed by atoms with Crippen LogP contribution in [0.25, 0.3) is 10.9 Å². The molecule has 0 aliphatic rings. The maximum Gasteiger partial charge on any atom is 0.262 e. The lowest BCUT2D eigenvalue weighted by Crippen LogP contribution is -2.22. The summed E-state index contributed by atoms with van der Waals surface area (Å²) in [7, 11) is 0. The van der Waals surface area contributed by atoms with E-state index >= 15 is 0 Å². The van der Waals surface area contributed by atoms with Crippen molar-refractivity contribution < 1.29 is 0 Å². The summed E-state index contributed by atoms with van der Waals surface area (Å²) in [4.78, 5) is 15.7. The normalized spacial score (nSPS) is 11.2. The van der Waals surface area contributed by atoms with E-state index in [-0.39, 0.29) is 5.56 Å². The zero-order valence-electron chi connectivity index (χ0n) is 12.7. The van der Waals surface area contributed by atoms with E-state index in [0.717, 1.165) is 11.1 Å². The third-order valence-corrected chi connectivity index (χ3v) is 4.20. The fourth-order valence-corrected chi connectivity index (χ4v) is 2.79. The first-order valence-electron chi connectivity index (χ1n) is 7.37. The third-order valence-electron chi connectivity index (χ3n) is 3.88. The lowest BCUT2D eigenvalue weighted by molar-refractivity contribution is 0.733. The molecule has 0 unspecified atom stereocenters. The average molecular weight is 310 g/mol. The molecule has 22 heavy (non-hydrogen) atoms. The van der Waals surface area contributed by atoms with Crippen molar-refractivity contribution in [2.24, 2.45) is 0 Å². The fraction of sp³-hybridized carbons (Fsp3) is 0.222. The van der Waals surface area contributed by atoms with Gasteiger partial charge in [-0.15, -0.1) is 0 Å². The Kier molecular flexibility index (Phi) is 3.94. The number of aromatic amines is 1. The van der Waals surface area contributed by atoms with Crippen LogP contribution in [0.1, 0.15) is 30.9 Å². The first-order valence-corrected chi connectivity index (χ1v) is 7.78. The third kappa shape index (κ3) is 2.74. The largest absolute Gasteiger partial charge is 0.332 e. The number of fused-ring (bicyclic) bond motifs is 1. The number of hydrogen-bond donors (Lipinski definition) is 1. The van der Waals surface area contributed by atoms with Gasteiger partial charge in [-0.3, -0.25) is 9.36 Å². The molecule has 3 nitrogen and oxygen atoms in total. The van der Waals surface area contributed by atoms with Gasteiger partial charge in [0.25, 0.3) is 5.56 Å². The van der Waals surface area contributed by atoms with E-state index in [1.54, 1.807) is 4.57 Å². The van der Waals surface area contributed by atoms with Crippen LogP contribution in [-0.2, 0) is 6.54 Å². The molecule has 0 saturated heterocycles. The lowest BCUT2D eigenvalue weighted by Gasteiger charge is -2.10. The molecular weight excluding hydrogens is 292 g/mol. The Morgan fingerprint density at radius 1 is 1.09 bits per heavy atom.